The maximum Gasteiger partial charge on any atom is 0.303 e. The smallest absolute Gasteiger partial charge is 0.303 e. The molecule has 7 heteroatoms. The lowest BCUT2D eigenvalue weighted by molar-refractivity contribution is -0.140. The lowest BCUT2D eigenvalue weighted by Crippen LogP contribution is -2.59. The highest BCUT2D eigenvalue weighted by Crippen LogP contribution is 2.47. The molecule has 0 saturated heterocycles. The lowest BCUT2D eigenvalue weighted by atomic mass is 9.72. The molecule has 2 aromatic carbocycles. The van der Waals surface area contributed by atoms with Crippen LogP contribution in [0, 0.1) is 0 Å². The zero-order valence-electron chi connectivity index (χ0n) is 21.6. The van der Waals surface area contributed by atoms with E-state index in [1.807, 2.05) is 24.3 Å². The van der Waals surface area contributed by atoms with E-state index in [-0.39, 0.29) is 24.5 Å². The van der Waals surface area contributed by atoms with Crippen molar-refractivity contribution in [2.45, 2.75) is 82.2 Å². The molecule has 0 bridgehead atoms. The van der Waals surface area contributed by atoms with Gasteiger partial charge in [0.2, 0.25) is 0 Å². The molecule has 0 spiro atoms. The third-order valence-electron chi connectivity index (χ3n) is 8.75. The van der Waals surface area contributed by atoms with Gasteiger partial charge in [0, 0.05) is 28.5 Å². The Morgan fingerprint density at radius 2 is 1.79 bits per heavy atom. The normalized spacial score (nSPS) is 18.4. The molecule has 3 aromatic rings. The van der Waals surface area contributed by atoms with Gasteiger partial charge in [-0.2, -0.15) is 0 Å². The summed E-state index contributed by atoms with van der Waals surface area (Å²) in [7, 11) is 0. The third-order valence-corrected chi connectivity index (χ3v) is 8.75. The van der Waals surface area contributed by atoms with Crippen molar-refractivity contribution in [3.05, 3.63) is 53.6 Å². The van der Waals surface area contributed by atoms with Crippen LogP contribution in [-0.2, 0) is 16.1 Å². The summed E-state index contributed by atoms with van der Waals surface area (Å²) in [6.45, 7) is 1.24. The molecule has 3 aliphatic rings. The number of fused-ring (bicyclic) bond motifs is 5. The zero-order chi connectivity index (χ0) is 26.3. The number of Topliss-reactive ketones (excluding diaryl/α,β-unsaturated/α-hetero) is 1. The van der Waals surface area contributed by atoms with Crippen LogP contribution in [0.4, 0.5) is 0 Å². The molecule has 198 valence electrons. The summed E-state index contributed by atoms with van der Waals surface area (Å²) in [5.41, 5.74) is 4.26. The highest BCUT2D eigenvalue weighted by atomic mass is 16.5. The first-order valence-corrected chi connectivity index (χ1v) is 13.9. The number of aromatic nitrogens is 1. The number of para-hydroxylation sites is 1. The van der Waals surface area contributed by atoms with E-state index in [1.165, 1.54) is 48.7 Å². The Labute approximate surface area is 222 Å². The van der Waals surface area contributed by atoms with E-state index in [9.17, 15) is 14.4 Å². The van der Waals surface area contributed by atoms with Crippen LogP contribution in [-0.4, -0.2) is 39.5 Å². The fourth-order valence-electron chi connectivity index (χ4n) is 6.63. The Morgan fingerprint density at radius 1 is 1.00 bits per heavy atom. The zero-order valence-corrected chi connectivity index (χ0v) is 21.6. The van der Waals surface area contributed by atoms with E-state index in [4.69, 9.17) is 9.84 Å². The van der Waals surface area contributed by atoms with Gasteiger partial charge in [-0.15, -0.1) is 0 Å². The summed E-state index contributed by atoms with van der Waals surface area (Å²) in [6, 6.07) is 14.1. The molecule has 7 nitrogen and oxygen atoms in total. The summed E-state index contributed by atoms with van der Waals surface area (Å²) in [5, 5.41) is 13.2. The van der Waals surface area contributed by atoms with Crippen LogP contribution in [0.5, 0.6) is 5.75 Å². The molecular formula is C31H34N2O5. The fraction of sp³-hybridized carbons (Fsp3) is 0.452. The van der Waals surface area contributed by atoms with Crippen molar-refractivity contribution < 1.29 is 24.2 Å². The number of nitrogens with zero attached hydrogens (tertiary/aromatic N) is 1. The van der Waals surface area contributed by atoms with E-state index in [1.54, 1.807) is 0 Å². The maximum atomic E-state index is 13.5. The van der Waals surface area contributed by atoms with Gasteiger partial charge in [-0.1, -0.05) is 37.5 Å². The summed E-state index contributed by atoms with van der Waals surface area (Å²) in [6.07, 6.45) is 7.74. The van der Waals surface area contributed by atoms with Crippen molar-refractivity contribution >= 4 is 28.6 Å². The Kier molecular flexibility index (Phi) is 6.46. The van der Waals surface area contributed by atoms with Gasteiger partial charge in [-0.3, -0.25) is 14.4 Å². The van der Waals surface area contributed by atoms with E-state index in [0.717, 1.165) is 23.3 Å². The summed E-state index contributed by atoms with van der Waals surface area (Å²) < 4.78 is 8.45. The first-order valence-electron chi connectivity index (χ1n) is 13.9. The number of nitrogens with one attached hydrogen (secondary N) is 1. The number of carboxylic acid groups (broad SMARTS) is 1. The highest BCUT2D eigenvalue weighted by Gasteiger charge is 2.45. The van der Waals surface area contributed by atoms with Crippen LogP contribution in [0.1, 0.15) is 86.0 Å². The minimum atomic E-state index is -1.00. The second-order valence-electron chi connectivity index (χ2n) is 11.0. The number of ketones is 1. The van der Waals surface area contributed by atoms with Gasteiger partial charge in [0.05, 0.1) is 24.2 Å². The quantitative estimate of drug-likeness (QED) is 0.413. The maximum absolute atomic E-state index is 13.5. The van der Waals surface area contributed by atoms with Crippen LogP contribution < -0.4 is 10.1 Å². The number of carbonyl (C=O) groups excluding carboxylic acids is 2. The second-order valence-corrected chi connectivity index (χ2v) is 11.0. The number of carboxylic acids is 1. The van der Waals surface area contributed by atoms with E-state index < -0.39 is 11.5 Å². The fourth-order valence-corrected chi connectivity index (χ4v) is 6.63. The van der Waals surface area contributed by atoms with Crippen molar-refractivity contribution in [3.8, 4) is 17.0 Å². The van der Waals surface area contributed by atoms with Gasteiger partial charge < -0.3 is 19.7 Å². The SMILES string of the molecule is O=C(O)CCC(=O)C1(NC(=O)c2ccc3c(C4CCCCC4)c4n(c3c2)CCOc2ccccc2-4)CCC1. The number of amides is 1. The Hall–Kier alpha value is -3.61. The highest BCUT2D eigenvalue weighted by molar-refractivity contribution is 6.04. The van der Waals surface area contributed by atoms with Crippen molar-refractivity contribution in [1.29, 1.82) is 0 Å². The predicted octanol–water partition coefficient (Wildman–Crippen LogP) is 5.83. The molecule has 2 heterocycles. The second kappa shape index (κ2) is 9.93. The number of benzene rings is 2. The Morgan fingerprint density at radius 3 is 2.53 bits per heavy atom. The predicted molar refractivity (Wildman–Crippen MR) is 145 cm³/mol. The number of aliphatic carboxylic acids is 1. The average Bonchev–Trinajstić information content (AvgIpc) is 3.10. The third kappa shape index (κ3) is 4.28. The Bertz CT molecular complexity index is 1410. The molecule has 1 aliphatic heterocycles. The van der Waals surface area contributed by atoms with Gasteiger partial charge in [0.1, 0.15) is 12.4 Å². The van der Waals surface area contributed by atoms with Gasteiger partial charge >= 0.3 is 5.97 Å². The number of hydrogen-bond donors (Lipinski definition) is 2. The van der Waals surface area contributed by atoms with Gasteiger partial charge in [-0.25, -0.2) is 0 Å². The minimum Gasteiger partial charge on any atom is -0.491 e. The molecule has 38 heavy (non-hydrogen) atoms. The van der Waals surface area contributed by atoms with Crippen molar-refractivity contribution in [1.82, 2.24) is 9.88 Å². The molecule has 0 atom stereocenters. The number of hydrogen-bond acceptors (Lipinski definition) is 4. The van der Waals surface area contributed by atoms with Crippen LogP contribution in [0.2, 0.25) is 0 Å². The molecule has 1 amide bonds. The molecule has 0 unspecified atom stereocenters. The average molecular weight is 515 g/mol. The standard InChI is InChI=1S/C31H34N2O5/c34-26(13-14-27(35)36)31(15-6-16-31)32-30(37)21-11-12-22-24(19-21)33-17-18-38-25-10-5-4-9-23(25)29(33)28(22)20-7-2-1-3-8-20/h4-5,9-12,19-20H,1-3,6-8,13-18H2,(H,32,37)(H,35,36). The van der Waals surface area contributed by atoms with Gasteiger partial charge in [0.25, 0.3) is 5.91 Å². The molecule has 2 aliphatic carbocycles. The first kappa shape index (κ1) is 24.7. The van der Waals surface area contributed by atoms with Crippen molar-refractivity contribution in [3.63, 3.8) is 0 Å². The number of ether oxygens (including phenoxy) is 1. The first-order chi connectivity index (χ1) is 18.5. The molecule has 1 aromatic heterocycles. The largest absolute Gasteiger partial charge is 0.491 e. The van der Waals surface area contributed by atoms with E-state index >= 15 is 0 Å². The van der Waals surface area contributed by atoms with Crippen LogP contribution in [0.15, 0.2) is 42.5 Å². The number of rotatable bonds is 7. The molecule has 0 radical (unpaired) electrons. The summed E-state index contributed by atoms with van der Waals surface area (Å²) in [5.74, 6) is -0.104. The van der Waals surface area contributed by atoms with Gasteiger partial charge in [-0.05, 0) is 67.9 Å². The molecule has 6 rings (SSSR count). The molecule has 2 saturated carbocycles. The molecule has 2 fully saturated rings. The summed E-state index contributed by atoms with van der Waals surface area (Å²) in [4.78, 5) is 37.3. The van der Waals surface area contributed by atoms with E-state index in [2.05, 4.69) is 28.1 Å². The van der Waals surface area contributed by atoms with Crippen molar-refractivity contribution in [2.75, 3.05) is 6.61 Å². The Balaban J connectivity index is 1.40. The molecule has 2 N–H and O–H groups in total. The van der Waals surface area contributed by atoms with E-state index in [0.29, 0.717) is 37.5 Å². The molecular weight excluding hydrogens is 480 g/mol. The topological polar surface area (TPSA) is 97.6 Å². The van der Waals surface area contributed by atoms with Gasteiger partial charge in [0.15, 0.2) is 5.78 Å². The lowest BCUT2D eigenvalue weighted by Gasteiger charge is -2.41. The summed E-state index contributed by atoms with van der Waals surface area (Å²) >= 11 is 0. The number of carbonyl (C=O) groups is 3. The van der Waals surface area contributed by atoms with Crippen LogP contribution in [0.25, 0.3) is 22.2 Å². The van der Waals surface area contributed by atoms with Crippen molar-refractivity contribution in [2.24, 2.45) is 0 Å². The van der Waals surface area contributed by atoms with Crippen LogP contribution in [0.3, 0.4) is 0 Å². The minimum absolute atomic E-state index is 0.0645. The monoisotopic (exact) mass is 514 g/mol. The van der Waals surface area contributed by atoms with Crippen LogP contribution >= 0.6 is 0 Å².